The number of aromatic nitrogens is 1. The number of carbonyl (C=O) groups is 1. The molecule has 1 N–H and O–H groups in total. The number of methoxy groups -OCH3 is 1. The number of hydrogen-bond acceptors (Lipinski definition) is 3. The molecule has 0 aromatic carbocycles. The van der Waals surface area contributed by atoms with Crippen LogP contribution < -0.4 is 5.43 Å². The molecule has 4 nitrogen and oxygen atoms in total. The number of halogens is 3. The zero-order chi connectivity index (χ0) is 11.6. The fourth-order valence-corrected chi connectivity index (χ4v) is 1.45. The van der Waals surface area contributed by atoms with E-state index in [2.05, 4.69) is 9.72 Å². The Bertz CT molecular complexity index is 435. The molecule has 0 spiro atoms. The number of hydrogen-bond donors (Lipinski definition) is 1. The van der Waals surface area contributed by atoms with Crippen LogP contribution in [0.4, 0.5) is 0 Å². The number of pyridine rings is 1. The molecular weight excluding hydrogens is 264 g/mol. The summed E-state index contributed by atoms with van der Waals surface area (Å²) in [6.07, 6.45) is 1.28. The molecule has 82 valence electrons. The molecule has 15 heavy (non-hydrogen) atoms. The van der Waals surface area contributed by atoms with Crippen LogP contribution in [0.1, 0.15) is 16.1 Å². The molecule has 0 aliphatic heterocycles. The molecule has 0 saturated heterocycles. The van der Waals surface area contributed by atoms with Gasteiger partial charge in [-0.15, -0.1) is 0 Å². The molecule has 0 aliphatic rings. The highest BCUT2D eigenvalue weighted by atomic mass is 35.6. The van der Waals surface area contributed by atoms with Crippen molar-refractivity contribution >= 4 is 40.8 Å². The fraction of sp³-hybridized carbons (Fsp3) is 0.250. The highest BCUT2D eigenvalue weighted by Gasteiger charge is 2.31. The van der Waals surface area contributed by atoms with Crippen molar-refractivity contribution in [2.75, 3.05) is 7.11 Å². The number of alkyl halides is 3. The van der Waals surface area contributed by atoms with Gasteiger partial charge in [0.1, 0.15) is 5.56 Å². The summed E-state index contributed by atoms with van der Waals surface area (Å²) in [5.41, 5.74) is -0.978. The highest BCUT2D eigenvalue weighted by molar-refractivity contribution is 6.66. The lowest BCUT2D eigenvalue weighted by atomic mass is 10.2. The summed E-state index contributed by atoms with van der Waals surface area (Å²) in [4.78, 5) is 25.2. The lowest BCUT2D eigenvalue weighted by Gasteiger charge is -2.13. The Labute approximate surface area is 100 Å². The Kier molecular flexibility index (Phi) is 3.65. The molecule has 0 bridgehead atoms. The third kappa shape index (κ3) is 2.65. The van der Waals surface area contributed by atoms with E-state index in [1.807, 2.05) is 0 Å². The second kappa shape index (κ2) is 4.43. The normalized spacial score (nSPS) is 11.2. The number of esters is 1. The van der Waals surface area contributed by atoms with Gasteiger partial charge in [-0.1, -0.05) is 34.8 Å². The van der Waals surface area contributed by atoms with Crippen LogP contribution in [0.3, 0.4) is 0 Å². The zero-order valence-electron chi connectivity index (χ0n) is 7.51. The van der Waals surface area contributed by atoms with Crippen LogP contribution in [0.25, 0.3) is 0 Å². The van der Waals surface area contributed by atoms with E-state index in [-0.39, 0.29) is 11.3 Å². The van der Waals surface area contributed by atoms with Gasteiger partial charge in [0, 0.05) is 12.3 Å². The molecule has 1 heterocycles. The maximum absolute atomic E-state index is 11.4. The summed E-state index contributed by atoms with van der Waals surface area (Å²) < 4.78 is 2.53. The van der Waals surface area contributed by atoms with Gasteiger partial charge in [-0.25, -0.2) is 4.79 Å². The maximum Gasteiger partial charge on any atom is 0.343 e. The molecule has 7 heteroatoms. The molecule has 0 amide bonds. The minimum atomic E-state index is -1.88. The molecule has 1 rings (SSSR count). The summed E-state index contributed by atoms with van der Waals surface area (Å²) in [5.74, 6) is -0.849. The predicted molar refractivity (Wildman–Crippen MR) is 57.6 cm³/mol. The molecule has 0 unspecified atom stereocenters. The minimum absolute atomic E-state index is 0.105. The Morgan fingerprint density at radius 2 is 2.07 bits per heavy atom. The summed E-state index contributed by atoms with van der Waals surface area (Å²) in [6.45, 7) is 0. The first-order chi connectivity index (χ1) is 6.88. The second-order valence-corrected chi connectivity index (χ2v) is 4.86. The largest absolute Gasteiger partial charge is 0.465 e. The van der Waals surface area contributed by atoms with E-state index in [4.69, 9.17) is 34.8 Å². The van der Waals surface area contributed by atoms with Crippen molar-refractivity contribution in [1.82, 2.24) is 4.98 Å². The van der Waals surface area contributed by atoms with Crippen LogP contribution in [0, 0.1) is 0 Å². The lowest BCUT2D eigenvalue weighted by molar-refractivity contribution is 0.0597. The van der Waals surface area contributed by atoms with Gasteiger partial charge in [0.05, 0.1) is 12.8 Å². The summed E-state index contributed by atoms with van der Waals surface area (Å²) in [6, 6.07) is 1.14. The molecule has 0 aliphatic carbocycles. The maximum atomic E-state index is 11.4. The van der Waals surface area contributed by atoms with Crippen LogP contribution in [0.2, 0.25) is 0 Å². The first kappa shape index (κ1) is 12.4. The van der Waals surface area contributed by atoms with Gasteiger partial charge >= 0.3 is 5.97 Å². The smallest absolute Gasteiger partial charge is 0.343 e. The van der Waals surface area contributed by atoms with Gasteiger partial charge in [0.15, 0.2) is 5.43 Å². The van der Waals surface area contributed by atoms with Crippen LogP contribution in [-0.2, 0) is 8.53 Å². The number of H-pyrrole nitrogens is 1. The number of carbonyl (C=O) groups excluding carboxylic acids is 1. The van der Waals surface area contributed by atoms with Crippen molar-refractivity contribution in [3.05, 3.63) is 33.7 Å². The van der Waals surface area contributed by atoms with E-state index in [0.29, 0.717) is 0 Å². The van der Waals surface area contributed by atoms with E-state index < -0.39 is 15.2 Å². The third-order valence-corrected chi connectivity index (χ3v) is 2.20. The zero-order valence-corrected chi connectivity index (χ0v) is 9.78. The van der Waals surface area contributed by atoms with Gasteiger partial charge in [0.25, 0.3) is 0 Å². The van der Waals surface area contributed by atoms with Crippen molar-refractivity contribution in [2.24, 2.45) is 0 Å². The monoisotopic (exact) mass is 269 g/mol. The van der Waals surface area contributed by atoms with Crippen LogP contribution >= 0.6 is 34.8 Å². The van der Waals surface area contributed by atoms with Gasteiger partial charge < -0.3 is 9.72 Å². The summed E-state index contributed by atoms with van der Waals surface area (Å²) in [5, 5.41) is 0. The van der Waals surface area contributed by atoms with Gasteiger partial charge in [-0.3, -0.25) is 4.79 Å². The first-order valence-electron chi connectivity index (χ1n) is 3.75. The number of rotatable bonds is 1. The second-order valence-electron chi connectivity index (χ2n) is 2.58. The average molecular weight is 270 g/mol. The van der Waals surface area contributed by atoms with Crippen molar-refractivity contribution in [2.45, 2.75) is 3.79 Å². The Morgan fingerprint density at radius 1 is 1.47 bits per heavy atom. The van der Waals surface area contributed by atoms with Gasteiger partial charge in [-0.05, 0) is 0 Å². The van der Waals surface area contributed by atoms with Crippen molar-refractivity contribution in [3.8, 4) is 0 Å². The van der Waals surface area contributed by atoms with E-state index in [0.717, 1.165) is 13.2 Å². The lowest BCUT2D eigenvalue weighted by Crippen LogP contribution is -2.23. The van der Waals surface area contributed by atoms with Crippen molar-refractivity contribution < 1.29 is 9.53 Å². The molecule has 1 aromatic rings. The standard InChI is InChI=1S/C8H6Cl3NO3/c1-15-7(14)5-4(13)2-3-12-6(5)8(9,10)11/h2-3H,1H3,(H,12,13). The SMILES string of the molecule is COC(=O)c1c(C(Cl)(Cl)Cl)[nH]ccc1=O. The van der Waals surface area contributed by atoms with Gasteiger partial charge in [-0.2, -0.15) is 0 Å². The number of aromatic amines is 1. The van der Waals surface area contributed by atoms with E-state index in [9.17, 15) is 9.59 Å². The third-order valence-electron chi connectivity index (χ3n) is 1.63. The van der Waals surface area contributed by atoms with E-state index in [1.54, 1.807) is 0 Å². The molecule has 0 atom stereocenters. The Morgan fingerprint density at radius 3 is 2.53 bits per heavy atom. The summed E-state index contributed by atoms with van der Waals surface area (Å²) in [7, 11) is 1.14. The Balaban J connectivity index is 3.47. The molecule has 0 radical (unpaired) electrons. The number of nitrogens with one attached hydrogen (secondary N) is 1. The molecular formula is C8H6Cl3NO3. The van der Waals surface area contributed by atoms with Crippen LogP contribution in [0.5, 0.6) is 0 Å². The fourth-order valence-electron chi connectivity index (χ4n) is 1.01. The minimum Gasteiger partial charge on any atom is -0.465 e. The Hall–Kier alpha value is -0.710. The van der Waals surface area contributed by atoms with Crippen molar-refractivity contribution in [3.63, 3.8) is 0 Å². The molecule has 1 aromatic heterocycles. The molecule has 0 saturated carbocycles. The van der Waals surface area contributed by atoms with E-state index in [1.165, 1.54) is 6.20 Å². The van der Waals surface area contributed by atoms with E-state index >= 15 is 0 Å². The number of ether oxygens (including phenoxy) is 1. The molecule has 0 fully saturated rings. The highest BCUT2D eigenvalue weighted by Crippen LogP contribution is 2.37. The average Bonchev–Trinajstić information content (AvgIpc) is 2.15. The predicted octanol–water partition coefficient (Wildman–Crippen LogP) is 1.99. The van der Waals surface area contributed by atoms with Crippen LogP contribution in [-0.4, -0.2) is 18.1 Å². The quantitative estimate of drug-likeness (QED) is 0.627. The van der Waals surface area contributed by atoms with Crippen molar-refractivity contribution in [1.29, 1.82) is 0 Å². The van der Waals surface area contributed by atoms with Gasteiger partial charge in [0.2, 0.25) is 3.79 Å². The van der Waals surface area contributed by atoms with Crippen LogP contribution in [0.15, 0.2) is 17.1 Å². The first-order valence-corrected chi connectivity index (χ1v) is 4.88. The summed E-state index contributed by atoms with van der Waals surface area (Å²) >= 11 is 16.8. The topological polar surface area (TPSA) is 59.2 Å².